The number of hydrogen-bond acceptors (Lipinski definition) is 3. The zero-order chi connectivity index (χ0) is 14.5. The molecule has 2 aliphatic rings. The van der Waals surface area contributed by atoms with Crippen molar-refractivity contribution in [1.29, 1.82) is 0 Å². The van der Waals surface area contributed by atoms with Crippen LogP contribution in [0.2, 0.25) is 0 Å². The van der Waals surface area contributed by atoms with E-state index in [1.165, 1.54) is 6.42 Å². The minimum absolute atomic E-state index is 0.131. The van der Waals surface area contributed by atoms with Gasteiger partial charge in [-0.05, 0) is 32.1 Å². The van der Waals surface area contributed by atoms with Gasteiger partial charge >= 0.3 is 0 Å². The fourth-order valence-corrected chi connectivity index (χ4v) is 3.76. The van der Waals surface area contributed by atoms with Crippen molar-refractivity contribution in [3.63, 3.8) is 0 Å². The Hall–Kier alpha value is -0.610. The lowest BCUT2D eigenvalue weighted by atomic mass is 9.81. The van der Waals surface area contributed by atoms with Crippen LogP contribution in [0.4, 0.5) is 0 Å². The minimum Gasteiger partial charge on any atom is -0.388 e. The first kappa shape index (κ1) is 15.8. The second-order valence-corrected chi connectivity index (χ2v) is 6.70. The molecule has 0 aromatic heterocycles. The fraction of sp³-hybridized carbons (Fsp3) is 0.938. The van der Waals surface area contributed by atoms with E-state index < -0.39 is 5.60 Å². The first-order valence-corrected chi connectivity index (χ1v) is 8.10. The highest BCUT2D eigenvalue weighted by atomic mass is 16.5. The van der Waals surface area contributed by atoms with Gasteiger partial charge in [-0.25, -0.2) is 0 Å². The Morgan fingerprint density at radius 1 is 1.10 bits per heavy atom. The average Bonchev–Trinajstić information content (AvgIpc) is 2.93. The Morgan fingerprint density at radius 3 is 2.30 bits per heavy atom. The third kappa shape index (κ3) is 3.73. The number of amides is 1. The smallest absolute Gasteiger partial charge is 0.226 e. The van der Waals surface area contributed by atoms with E-state index in [2.05, 4.69) is 5.32 Å². The molecule has 116 valence electrons. The van der Waals surface area contributed by atoms with Gasteiger partial charge in [0.2, 0.25) is 5.91 Å². The molecular weight excluding hydrogens is 254 g/mol. The molecule has 0 radical (unpaired) electrons. The molecule has 2 saturated carbocycles. The van der Waals surface area contributed by atoms with Gasteiger partial charge in [0.05, 0.1) is 11.0 Å². The molecule has 0 aromatic carbocycles. The summed E-state index contributed by atoms with van der Waals surface area (Å²) in [5, 5.41) is 13.5. The molecule has 2 N–H and O–H groups in total. The molecule has 0 saturated heterocycles. The summed E-state index contributed by atoms with van der Waals surface area (Å²) in [6.45, 7) is 1.05. The second-order valence-electron chi connectivity index (χ2n) is 6.70. The molecule has 4 nitrogen and oxygen atoms in total. The molecule has 2 aliphatic carbocycles. The Kier molecular flexibility index (Phi) is 5.44. The Labute approximate surface area is 122 Å². The summed E-state index contributed by atoms with van der Waals surface area (Å²) in [5.74, 6) is 0.131. The molecule has 0 aromatic rings. The number of ether oxygens (including phenoxy) is 1. The van der Waals surface area contributed by atoms with E-state index in [1.807, 2.05) is 0 Å². The highest BCUT2D eigenvalue weighted by Gasteiger charge is 2.41. The van der Waals surface area contributed by atoms with E-state index in [1.54, 1.807) is 7.11 Å². The van der Waals surface area contributed by atoms with Crippen LogP contribution in [0, 0.1) is 5.41 Å². The molecular formula is C16H29NO3. The lowest BCUT2D eigenvalue weighted by Crippen LogP contribution is -2.48. The first-order chi connectivity index (χ1) is 9.60. The van der Waals surface area contributed by atoms with Crippen molar-refractivity contribution in [3.05, 3.63) is 0 Å². The summed E-state index contributed by atoms with van der Waals surface area (Å²) in [5.41, 5.74) is -0.921. The monoisotopic (exact) mass is 283 g/mol. The first-order valence-electron chi connectivity index (χ1n) is 8.10. The van der Waals surface area contributed by atoms with Crippen molar-refractivity contribution >= 4 is 5.91 Å². The maximum atomic E-state index is 12.6. The second kappa shape index (κ2) is 6.90. The summed E-state index contributed by atoms with van der Waals surface area (Å²) in [6.07, 6.45) is 9.95. The maximum Gasteiger partial charge on any atom is 0.226 e. The van der Waals surface area contributed by atoms with Crippen LogP contribution < -0.4 is 5.32 Å². The SMILES string of the molecule is COCCC1(C(=O)NCC2(O)CCCCC2)CCCC1. The number of aliphatic hydroxyl groups is 1. The van der Waals surface area contributed by atoms with Crippen molar-refractivity contribution in [1.82, 2.24) is 5.32 Å². The zero-order valence-corrected chi connectivity index (χ0v) is 12.7. The molecule has 0 bridgehead atoms. The van der Waals surface area contributed by atoms with E-state index in [0.29, 0.717) is 13.2 Å². The molecule has 0 aliphatic heterocycles. The number of rotatable bonds is 6. The zero-order valence-electron chi connectivity index (χ0n) is 12.7. The summed E-state index contributed by atoms with van der Waals surface area (Å²) >= 11 is 0. The van der Waals surface area contributed by atoms with E-state index in [4.69, 9.17) is 4.74 Å². The average molecular weight is 283 g/mol. The third-order valence-corrected chi connectivity index (χ3v) is 5.19. The van der Waals surface area contributed by atoms with Crippen molar-refractivity contribution < 1.29 is 14.6 Å². The van der Waals surface area contributed by atoms with Gasteiger partial charge in [0.1, 0.15) is 0 Å². The molecule has 0 atom stereocenters. The predicted molar refractivity (Wildman–Crippen MR) is 78.4 cm³/mol. The van der Waals surface area contributed by atoms with Crippen LogP contribution in [0.1, 0.15) is 64.2 Å². The quantitative estimate of drug-likeness (QED) is 0.787. The van der Waals surface area contributed by atoms with Gasteiger partial charge in [-0.15, -0.1) is 0 Å². The fourth-order valence-electron chi connectivity index (χ4n) is 3.76. The van der Waals surface area contributed by atoms with Gasteiger partial charge in [0.15, 0.2) is 0 Å². The molecule has 0 unspecified atom stereocenters. The van der Waals surface area contributed by atoms with Crippen molar-refractivity contribution in [2.24, 2.45) is 5.41 Å². The van der Waals surface area contributed by atoms with Gasteiger partial charge in [-0.2, -0.15) is 0 Å². The minimum atomic E-state index is -0.672. The summed E-state index contributed by atoms with van der Waals surface area (Å²) in [6, 6.07) is 0. The molecule has 0 heterocycles. The third-order valence-electron chi connectivity index (χ3n) is 5.19. The number of carbonyl (C=O) groups is 1. The van der Waals surface area contributed by atoms with Crippen LogP contribution in [-0.2, 0) is 9.53 Å². The molecule has 20 heavy (non-hydrogen) atoms. The van der Waals surface area contributed by atoms with E-state index in [9.17, 15) is 9.90 Å². The molecule has 2 rings (SSSR count). The molecule has 1 amide bonds. The summed E-state index contributed by atoms with van der Waals surface area (Å²) in [4.78, 5) is 12.6. The van der Waals surface area contributed by atoms with Crippen molar-refractivity contribution in [2.75, 3.05) is 20.3 Å². The van der Waals surface area contributed by atoms with Crippen LogP contribution in [0.15, 0.2) is 0 Å². The highest BCUT2D eigenvalue weighted by molar-refractivity contribution is 5.83. The van der Waals surface area contributed by atoms with E-state index in [-0.39, 0.29) is 11.3 Å². The van der Waals surface area contributed by atoms with Gasteiger partial charge in [0, 0.05) is 20.3 Å². The normalized spacial score (nSPS) is 24.5. The molecule has 2 fully saturated rings. The van der Waals surface area contributed by atoms with E-state index in [0.717, 1.165) is 57.8 Å². The largest absolute Gasteiger partial charge is 0.388 e. The summed E-state index contributed by atoms with van der Waals surface area (Å²) in [7, 11) is 1.69. The van der Waals surface area contributed by atoms with Crippen molar-refractivity contribution in [2.45, 2.75) is 69.8 Å². The molecule has 0 spiro atoms. The van der Waals surface area contributed by atoms with E-state index >= 15 is 0 Å². The Morgan fingerprint density at radius 2 is 1.70 bits per heavy atom. The van der Waals surface area contributed by atoms with Crippen LogP contribution >= 0.6 is 0 Å². The van der Waals surface area contributed by atoms with Gasteiger partial charge in [-0.1, -0.05) is 32.1 Å². The number of hydrogen-bond donors (Lipinski definition) is 2. The predicted octanol–water partition coefficient (Wildman–Crippen LogP) is 2.39. The Bertz CT molecular complexity index is 318. The van der Waals surface area contributed by atoms with Gasteiger partial charge in [0.25, 0.3) is 0 Å². The highest BCUT2D eigenvalue weighted by Crippen LogP contribution is 2.41. The Balaban J connectivity index is 1.88. The molecule has 4 heteroatoms. The van der Waals surface area contributed by atoms with Crippen LogP contribution in [-0.4, -0.2) is 36.9 Å². The van der Waals surface area contributed by atoms with Crippen LogP contribution in [0.5, 0.6) is 0 Å². The van der Waals surface area contributed by atoms with Crippen LogP contribution in [0.25, 0.3) is 0 Å². The maximum absolute atomic E-state index is 12.6. The number of methoxy groups -OCH3 is 1. The van der Waals surface area contributed by atoms with Gasteiger partial charge < -0.3 is 15.2 Å². The standard InChI is InChI=1S/C16H29NO3/c1-20-12-11-15(7-5-6-8-15)14(18)17-13-16(19)9-3-2-4-10-16/h19H,2-13H2,1H3,(H,17,18). The lowest BCUT2D eigenvalue weighted by molar-refractivity contribution is -0.133. The van der Waals surface area contributed by atoms with Crippen molar-refractivity contribution in [3.8, 4) is 0 Å². The number of carbonyl (C=O) groups excluding carboxylic acids is 1. The lowest BCUT2D eigenvalue weighted by Gasteiger charge is -2.34. The van der Waals surface area contributed by atoms with Crippen LogP contribution in [0.3, 0.4) is 0 Å². The summed E-state index contributed by atoms with van der Waals surface area (Å²) < 4.78 is 5.16. The topological polar surface area (TPSA) is 58.6 Å². The van der Waals surface area contributed by atoms with Gasteiger partial charge in [-0.3, -0.25) is 4.79 Å². The number of nitrogens with one attached hydrogen (secondary N) is 1.